The van der Waals surface area contributed by atoms with E-state index in [1.54, 1.807) is 6.07 Å². The largest absolute Gasteiger partial charge is 0.395 e. The fraction of sp³-hybridized carbons (Fsp3) is 0.500. The molecule has 0 aliphatic heterocycles. The van der Waals surface area contributed by atoms with Crippen LogP contribution in [0.5, 0.6) is 0 Å². The minimum Gasteiger partial charge on any atom is -0.395 e. The molecule has 0 radical (unpaired) electrons. The minimum absolute atomic E-state index is 0.134. The van der Waals surface area contributed by atoms with Crippen molar-refractivity contribution in [1.29, 1.82) is 0 Å². The Kier molecular flexibility index (Phi) is 4.50. The number of hydrogen-bond donors (Lipinski definition) is 1. The van der Waals surface area contributed by atoms with E-state index in [1.165, 1.54) is 12.1 Å². The van der Waals surface area contributed by atoms with Crippen LogP contribution in [0.1, 0.15) is 19.7 Å². The number of likely N-dealkylation sites (N-methyl/N-ethyl adjacent to an activating group) is 1. The van der Waals surface area contributed by atoms with Gasteiger partial charge in [-0.2, -0.15) is 0 Å². The first kappa shape index (κ1) is 14.0. The SMILES string of the molecule is CCN(CCO)Cc1nc2cc(F)ccc2n1CC. The van der Waals surface area contributed by atoms with Gasteiger partial charge in [-0.1, -0.05) is 6.92 Å². The lowest BCUT2D eigenvalue weighted by molar-refractivity contribution is 0.192. The topological polar surface area (TPSA) is 41.3 Å². The summed E-state index contributed by atoms with van der Waals surface area (Å²) < 4.78 is 15.3. The van der Waals surface area contributed by atoms with Crippen molar-refractivity contribution >= 4 is 11.0 Å². The van der Waals surface area contributed by atoms with E-state index in [-0.39, 0.29) is 12.4 Å². The van der Waals surface area contributed by atoms with Gasteiger partial charge >= 0.3 is 0 Å². The molecule has 0 saturated carbocycles. The van der Waals surface area contributed by atoms with E-state index >= 15 is 0 Å². The molecule has 1 aromatic carbocycles. The molecule has 1 N–H and O–H groups in total. The normalized spacial score (nSPS) is 11.6. The van der Waals surface area contributed by atoms with Crippen LogP contribution in [0.15, 0.2) is 18.2 Å². The Morgan fingerprint density at radius 2 is 2.16 bits per heavy atom. The summed E-state index contributed by atoms with van der Waals surface area (Å²) in [7, 11) is 0. The lowest BCUT2D eigenvalue weighted by Crippen LogP contribution is -2.27. The molecular weight excluding hydrogens is 245 g/mol. The zero-order chi connectivity index (χ0) is 13.8. The van der Waals surface area contributed by atoms with Crippen molar-refractivity contribution in [3.8, 4) is 0 Å². The monoisotopic (exact) mass is 265 g/mol. The minimum atomic E-state index is -0.262. The Morgan fingerprint density at radius 3 is 2.79 bits per heavy atom. The summed E-state index contributed by atoms with van der Waals surface area (Å²) in [6.45, 7) is 7.17. The van der Waals surface area contributed by atoms with Crippen LogP contribution in [-0.4, -0.2) is 39.3 Å². The number of aliphatic hydroxyl groups excluding tert-OH is 1. The van der Waals surface area contributed by atoms with E-state index in [0.717, 1.165) is 24.4 Å². The Balaban J connectivity index is 2.36. The Morgan fingerprint density at radius 1 is 1.37 bits per heavy atom. The highest BCUT2D eigenvalue weighted by Crippen LogP contribution is 2.18. The number of imidazole rings is 1. The number of benzene rings is 1. The van der Waals surface area contributed by atoms with E-state index in [4.69, 9.17) is 5.11 Å². The van der Waals surface area contributed by atoms with Crippen LogP contribution in [0.4, 0.5) is 4.39 Å². The maximum atomic E-state index is 13.2. The van der Waals surface area contributed by atoms with E-state index in [2.05, 4.69) is 21.4 Å². The van der Waals surface area contributed by atoms with Gasteiger partial charge in [0.2, 0.25) is 0 Å². The highest BCUT2D eigenvalue weighted by atomic mass is 19.1. The molecule has 0 spiro atoms. The van der Waals surface area contributed by atoms with Gasteiger partial charge in [0, 0.05) is 19.2 Å². The molecule has 0 aliphatic carbocycles. The van der Waals surface area contributed by atoms with Gasteiger partial charge in [0.05, 0.1) is 24.2 Å². The van der Waals surface area contributed by atoms with Crippen LogP contribution < -0.4 is 0 Å². The fourth-order valence-corrected chi connectivity index (χ4v) is 2.32. The molecule has 4 nitrogen and oxygen atoms in total. The second-order valence-electron chi connectivity index (χ2n) is 4.50. The zero-order valence-corrected chi connectivity index (χ0v) is 11.4. The number of fused-ring (bicyclic) bond motifs is 1. The summed E-state index contributed by atoms with van der Waals surface area (Å²) in [4.78, 5) is 6.63. The van der Waals surface area contributed by atoms with Gasteiger partial charge in [-0.3, -0.25) is 4.90 Å². The van der Waals surface area contributed by atoms with E-state index in [1.807, 2.05) is 6.92 Å². The maximum absolute atomic E-state index is 13.2. The smallest absolute Gasteiger partial charge is 0.125 e. The molecule has 0 unspecified atom stereocenters. The first-order valence-corrected chi connectivity index (χ1v) is 6.67. The van der Waals surface area contributed by atoms with Crippen molar-refractivity contribution in [2.45, 2.75) is 26.9 Å². The van der Waals surface area contributed by atoms with E-state index < -0.39 is 0 Å². The van der Waals surface area contributed by atoms with Gasteiger partial charge in [-0.05, 0) is 25.6 Å². The third-order valence-corrected chi connectivity index (χ3v) is 3.33. The van der Waals surface area contributed by atoms with Crippen LogP contribution in [0.3, 0.4) is 0 Å². The van der Waals surface area contributed by atoms with Gasteiger partial charge in [-0.15, -0.1) is 0 Å². The van der Waals surface area contributed by atoms with Crippen molar-refractivity contribution in [3.63, 3.8) is 0 Å². The molecule has 0 bridgehead atoms. The zero-order valence-electron chi connectivity index (χ0n) is 11.4. The molecule has 2 aromatic rings. The van der Waals surface area contributed by atoms with Gasteiger partial charge in [0.25, 0.3) is 0 Å². The Labute approximate surface area is 112 Å². The van der Waals surface area contributed by atoms with E-state index in [9.17, 15) is 4.39 Å². The van der Waals surface area contributed by atoms with Crippen molar-refractivity contribution < 1.29 is 9.50 Å². The molecule has 0 fully saturated rings. The molecule has 0 amide bonds. The molecule has 1 aromatic heterocycles. The summed E-state index contributed by atoms with van der Waals surface area (Å²) in [6.07, 6.45) is 0. The average Bonchev–Trinajstić information content (AvgIpc) is 2.74. The molecule has 1 heterocycles. The number of aryl methyl sites for hydroxylation is 1. The third kappa shape index (κ3) is 2.93. The highest BCUT2D eigenvalue weighted by molar-refractivity contribution is 5.76. The highest BCUT2D eigenvalue weighted by Gasteiger charge is 2.13. The number of halogens is 1. The fourth-order valence-electron chi connectivity index (χ4n) is 2.32. The quantitative estimate of drug-likeness (QED) is 0.868. The molecule has 0 aliphatic rings. The molecule has 0 atom stereocenters. The van der Waals surface area contributed by atoms with Crippen molar-refractivity contribution in [3.05, 3.63) is 29.8 Å². The Hall–Kier alpha value is -1.46. The number of aromatic nitrogens is 2. The lowest BCUT2D eigenvalue weighted by atomic mass is 10.3. The third-order valence-electron chi connectivity index (χ3n) is 3.33. The lowest BCUT2D eigenvalue weighted by Gasteiger charge is -2.19. The predicted octanol–water partition coefficient (Wildman–Crippen LogP) is 2.01. The average molecular weight is 265 g/mol. The summed E-state index contributed by atoms with van der Waals surface area (Å²) in [5, 5.41) is 9.03. The van der Waals surface area contributed by atoms with Crippen molar-refractivity contribution in [2.75, 3.05) is 19.7 Å². The first-order chi connectivity index (χ1) is 9.19. The van der Waals surface area contributed by atoms with Gasteiger partial charge in [0.15, 0.2) is 0 Å². The van der Waals surface area contributed by atoms with Crippen LogP contribution in [0, 0.1) is 5.82 Å². The van der Waals surface area contributed by atoms with Gasteiger partial charge in [0.1, 0.15) is 11.6 Å². The number of hydrogen-bond acceptors (Lipinski definition) is 3. The van der Waals surface area contributed by atoms with Gasteiger partial charge in [-0.25, -0.2) is 9.37 Å². The predicted molar refractivity (Wildman–Crippen MR) is 73.4 cm³/mol. The van der Waals surface area contributed by atoms with Crippen molar-refractivity contribution in [2.24, 2.45) is 0 Å². The van der Waals surface area contributed by atoms with Crippen LogP contribution in [0.25, 0.3) is 11.0 Å². The van der Waals surface area contributed by atoms with Crippen LogP contribution >= 0.6 is 0 Å². The standard InChI is InChI=1S/C14H20FN3O/c1-3-17(7-8-19)10-14-16-12-9-11(15)5-6-13(12)18(14)4-2/h5-6,9,19H,3-4,7-8,10H2,1-2H3. The first-order valence-electron chi connectivity index (χ1n) is 6.67. The summed E-state index contributed by atoms with van der Waals surface area (Å²) in [5.41, 5.74) is 1.65. The molecule has 0 saturated heterocycles. The molecule has 19 heavy (non-hydrogen) atoms. The molecule has 5 heteroatoms. The number of aliphatic hydroxyl groups is 1. The maximum Gasteiger partial charge on any atom is 0.125 e. The summed E-state index contributed by atoms with van der Waals surface area (Å²) in [6, 6.07) is 4.70. The molecule has 104 valence electrons. The van der Waals surface area contributed by atoms with Crippen LogP contribution in [-0.2, 0) is 13.1 Å². The van der Waals surface area contributed by atoms with Gasteiger partial charge < -0.3 is 9.67 Å². The Bertz CT molecular complexity index is 553. The van der Waals surface area contributed by atoms with Crippen molar-refractivity contribution in [1.82, 2.24) is 14.5 Å². The molecule has 2 rings (SSSR count). The second-order valence-corrected chi connectivity index (χ2v) is 4.50. The second kappa shape index (κ2) is 6.12. The van der Waals surface area contributed by atoms with Crippen LogP contribution in [0.2, 0.25) is 0 Å². The summed E-state index contributed by atoms with van der Waals surface area (Å²) in [5.74, 6) is 0.654. The number of rotatable bonds is 6. The number of nitrogens with zero attached hydrogens (tertiary/aromatic N) is 3. The summed E-state index contributed by atoms with van der Waals surface area (Å²) >= 11 is 0. The molecular formula is C14H20FN3O. The van der Waals surface area contributed by atoms with E-state index in [0.29, 0.717) is 18.6 Å².